The lowest BCUT2D eigenvalue weighted by Crippen LogP contribution is -2.49. The zero-order valence-corrected chi connectivity index (χ0v) is 20.9. The van der Waals surface area contributed by atoms with Crippen LogP contribution in [0.5, 0.6) is 0 Å². The highest BCUT2D eigenvalue weighted by Gasteiger charge is 2.30. The van der Waals surface area contributed by atoms with Crippen molar-refractivity contribution in [1.29, 1.82) is 0 Å². The third-order valence-electron chi connectivity index (χ3n) is 6.51. The molecule has 4 aromatic rings. The monoisotopic (exact) mass is 490 g/mol. The second kappa shape index (κ2) is 9.75. The molecule has 0 radical (unpaired) electrons. The maximum Gasteiger partial charge on any atom is 0.243 e. The molecule has 0 amide bonds. The molecule has 1 fully saturated rings. The first-order valence-corrected chi connectivity index (χ1v) is 13.5. The largest absolute Gasteiger partial charge is 0.353 e. The topological polar surface area (TPSA) is 84.2 Å². The van der Waals surface area contributed by atoms with Gasteiger partial charge in [0.1, 0.15) is 11.6 Å². The fourth-order valence-corrected chi connectivity index (χ4v) is 6.02. The molecule has 182 valence electrons. The number of hydrogen-bond acceptors (Lipinski definition) is 6. The molecule has 5 rings (SSSR count). The van der Waals surface area contributed by atoms with E-state index in [1.807, 2.05) is 47.3 Å². The molecule has 0 saturated carbocycles. The van der Waals surface area contributed by atoms with Crippen LogP contribution in [0, 0.1) is 0 Å². The average molecular weight is 491 g/mol. The van der Waals surface area contributed by atoms with E-state index in [-0.39, 0.29) is 5.92 Å². The van der Waals surface area contributed by atoms with Crippen molar-refractivity contribution in [3.8, 4) is 5.69 Å². The Hall–Kier alpha value is -3.30. The number of hydrogen-bond donors (Lipinski definition) is 0. The van der Waals surface area contributed by atoms with Crippen molar-refractivity contribution in [2.24, 2.45) is 0 Å². The smallest absolute Gasteiger partial charge is 0.243 e. The summed E-state index contributed by atoms with van der Waals surface area (Å²) in [5.74, 6) is 1.83. The summed E-state index contributed by atoms with van der Waals surface area (Å²) in [7, 11) is -3.51. The number of aromatic nitrogens is 4. The van der Waals surface area contributed by atoms with E-state index in [4.69, 9.17) is 9.97 Å². The lowest BCUT2D eigenvalue weighted by molar-refractivity contribution is 0.384. The molecule has 0 unspecified atom stereocenters. The van der Waals surface area contributed by atoms with Gasteiger partial charge in [-0.3, -0.25) is 0 Å². The Morgan fingerprint density at radius 2 is 1.57 bits per heavy atom. The molecule has 0 aliphatic carbocycles. The fourth-order valence-electron chi connectivity index (χ4n) is 4.57. The van der Waals surface area contributed by atoms with Crippen molar-refractivity contribution in [1.82, 2.24) is 24.1 Å². The van der Waals surface area contributed by atoms with E-state index in [0.29, 0.717) is 31.1 Å². The summed E-state index contributed by atoms with van der Waals surface area (Å²) in [5.41, 5.74) is 1.72. The van der Waals surface area contributed by atoms with E-state index in [1.165, 1.54) is 0 Å². The summed E-state index contributed by atoms with van der Waals surface area (Å²) in [6, 6.07) is 18.6. The first-order chi connectivity index (χ1) is 17.0. The highest BCUT2D eigenvalue weighted by atomic mass is 32.2. The minimum absolute atomic E-state index is 0.210. The Labute approximate surface area is 206 Å². The lowest BCUT2D eigenvalue weighted by Gasteiger charge is -2.35. The number of fused-ring (bicyclic) bond motifs is 1. The van der Waals surface area contributed by atoms with Gasteiger partial charge in [-0.25, -0.2) is 23.1 Å². The van der Waals surface area contributed by atoms with Crippen LogP contribution >= 0.6 is 0 Å². The summed E-state index contributed by atoms with van der Waals surface area (Å²) in [6.45, 7) is 6.22. The first-order valence-electron chi connectivity index (χ1n) is 12.1. The van der Waals surface area contributed by atoms with Gasteiger partial charge in [0.05, 0.1) is 22.2 Å². The number of piperazine rings is 1. The van der Waals surface area contributed by atoms with E-state index in [1.54, 1.807) is 28.6 Å². The van der Waals surface area contributed by atoms with Crippen LogP contribution in [0.15, 0.2) is 71.8 Å². The Balaban J connectivity index is 1.49. The van der Waals surface area contributed by atoms with Crippen LogP contribution in [0.3, 0.4) is 0 Å². The minimum Gasteiger partial charge on any atom is -0.353 e. The van der Waals surface area contributed by atoms with Crippen LogP contribution in [0.2, 0.25) is 0 Å². The quantitative estimate of drug-likeness (QED) is 0.386. The summed E-state index contributed by atoms with van der Waals surface area (Å²) in [6.07, 6.45) is 3.86. The van der Waals surface area contributed by atoms with Crippen LogP contribution in [0.1, 0.15) is 38.4 Å². The fraction of sp³-hybridized carbons (Fsp3) is 0.346. The molecule has 0 spiro atoms. The van der Waals surface area contributed by atoms with Gasteiger partial charge >= 0.3 is 0 Å². The number of nitrogens with zero attached hydrogens (tertiary/aromatic N) is 6. The molecular formula is C26H30N6O2S. The molecule has 8 nitrogen and oxygen atoms in total. The third-order valence-corrected chi connectivity index (χ3v) is 8.42. The van der Waals surface area contributed by atoms with Crippen molar-refractivity contribution in [3.63, 3.8) is 0 Å². The minimum atomic E-state index is -3.51. The van der Waals surface area contributed by atoms with Crippen LogP contribution in [0.25, 0.3) is 16.7 Å². The standard InChI is InChI=1S/C26H30N6O2S/c1-3-10-20(2)24-28-25(23-19-27-32(26(23)29-24)21-11-6-4-7-12-21)30-15-17-31(18-16-30)35(33,34)22-13-8-5-9-14-22/h4-9,11-14,19-20H,3,10,15-18H2,1-2H3/t20-/m0/s1. The van der Waals surface area contributed by atoms with Gasteiger partial charge in [0.2, 0.25) is 10.0 Å². The third kappa shape index (κ3) is 4.53. The van der Waals surface area contributed by atoms with E-state index >= 15 is 0 Å². The number of sulfonamides is 1. The maximum absolute atomic E-state index is 13.1. The Morgan fingerprint density at radius 3 is 2.23 bits per heavy atom. The SMILES string of the molecule is CCC[C@H](C)c1nc(N2CCN(S(=O)(=O)c3ccccc3)CC2)c2cnn(-c3ccccc3)c2n1. The number of para-hydroxylation sites is 1. The Bertz CT molecular complexity index is 1400. The van der Waals surface area contributed by atoms with Gasteiger partial charge in [-0.15, -0.1) is 0 Å². The van der Waals surface area contributed by atoms with Crippen molar-refractivity contribution in [3.05, 3.63) is 72.7 Å². The zero-order valence-electron chi connectivity index (χ0n) is 20.1. The van der Waals surface area contributed by atoms with Crippen LogP contribution < -0.4 is 4.90 Å². The molecule has 0 N–H and O–H groups in total. The maximum atomic E-state index is 13.1. The molecule has 1 saturated heterocycles. The van der Waals surface area contributed by atoms with Gasteiger partial charge in [-0.1, -0.05) is 56.7 Å². The van der Waals surface area contributed by atoms with E-state index < -0.39 is 10.0 Å². The zero-order chi connectivity index (χ0) is 24.4. The van der Waals surface area contributed by atoms with Crippen LogP contribution in [0.4, 0.5) is 5.82 Å². The number of benzene rings is 2. The molecule has 1 aliphatic heterocycles. The van der Waals surface area contributed by atoms with Gasteiger partial charge in [0.25, 0.3) is 0 Å². The van der Waals surface area contributed by atoms with E-state index in [9.17, 15) is 8.42 Å². The molecule has 2 aromatic carbocycles. The van der Waals surface area contributed by atoms with Gasteiger partial charge in [-0.2, -0.15) is 9.40 Å². The molecule has 2 aromatic heterocycles. The summed E-state index contributed by atoms with van der Waals surface area (Å²) in [5, 5.41) is 5.52. The van der Waals surface area contributed by atoms with Crippen molar-refractivity contribution in [2.75, 3.05) is 31.1 Å². The van der Waals surface area contributed by atoms with Gasteiger partial charge in [-0.05, 0) is 30.7 Å². The second-order valence-corrected chi connectivity index (χ2v) is 10.9. The molecule has 9 heteroatoms. The average Bonchev–Trinajstić information content (AvgIpc) is 3.33. The van der Waals surface area contributed by atoms with Gasteiger partial charge in [0, 0.05) is 32.1 Å². The van der Waals surface area contributed by atoms with Crippen molar-refractivity contribution >= 4 is 26.9 Å². The van der Waals surface area contributed by atoms with Crippen LogP contribution in [-0.4, -0.2) is 58.7 Å². The molecule has 35 heavy (non-hydrogen) atoms. The Morgan fingerprint density at radius 1 is 0.914 bits per heavy atom. The predicted molar refractivity (Wildman–Crippen MR) is 137 cm³/mol. The second-order valence-electron chi connectivity index (χ2n) is 8.93. The molecule has 1 atom stereocenters. The van der Waals surface area contributed by atoms with Crippen molar-refractivity contribution in [2.45, 2.75) is 37.5 Å². The number of anilines is 1. The predicted octanol–water partition coefficient (Wildman–Crippen LogP) is 4.23. The van der Waals surface area contributed by atoms with Gasteiger partial charge in [0.15, 0.2) is 5.65 Å². The highest BCUT2D eigenvalue weighted by molar-refractivity contribution is 7.89. The molecule has 1 aliphatic rings. The summed E-state index contributed by atoms with van der Waals surface area (Å²) < 4.78 is 29.6. The first kappa shape index (κ1) is 23.4. The molecule has 0 bridgehead atoms. The highest BCUT2D eigenvalue weighted by Crippen LogP contribution is 2.30. The molecule has 3 heterocycles. The van der Waals surface area contributed by atoms with E-state index in [2.05, 4.69) is 23.8 Å². The number of rotatable bonds is 7. The van der Waals surface area contributed by atoms with Gasteiger partial charge < -0.3 is 4.90 Å². The normalized spacial score (nSPS) is 16.0. The van der Waals surface area contributed by atoms with Crippen LogP contribution in [-0.2, 0) is 10.0 Å². The summed E-state index contributed by atoms with van der Waals surface area (Å²) >= 11 is 0. The van der Waals surface area contributed by atoms with Crippen molar-refractivity contribution < 1.29 is 8.42 Å². The summed E-state index contributed by atoms with van der Waals surface area (Å²) in [4.78, 5) is 12.4. The lowest BCUT2D eigenvalue weighted by atomic mass is 10.1. The molecular weight excluding hydrogens is 460 g/mol. The van der Waals surface area contributed by atoms with E-state index in [0.717, 1.165) is 41.2 Å². The Kier molecular flexibility index (Phi) is 6.53.